The van der Waals surface area contributed by atoms with Gasteiger partial charge in [0, 0.05) is 11.5 Å². The first-order chi connectivity index (χ1) is 12.8. The first-order valence-electron chi connectivity index (χ1n) is 8.20. The van der Waals surface area contributed by atoms with E-state index in [4.69, 9.17) is 9.47 Å². The zero-order chi connectivity index (χ0) is 19.5. The lowest BCUT2D eigenvalue weighted by molar-refractivity contribution is -0.135. The summed E-state index contributed by atoms with van der Waals surface area (Å²) in [6, 6.07) is 4.60. The minimum absolute atomic E-state index is 0.0550. The molecule has 0 radical (unpaired) electrons. The minimum atomic E-state index is -1.59. The van der Waals surface area contributed by atoms with Gasteiger partial charge in [-0.1, -0.05) is 0 Å². The maximum Gasteiger partial charge on any atom is 0.312 e. The smallest absolute Gasteiger partial charge is 0.312 e. The summed E-state index contributed by atoms with van der Waals surface area (Å²) in [6.45, 7) is 3.43. The first kappa shape index (κ1) is 17.3. The normalized spacial score (nSPS) is 18.0. The van der Waals surface area contributed by atoms with Crippen LogP contribution in [0.5, 0.6) is 11.5 Å². The van der Waals surface area contributed by atoms with Crippen LogP contribution >= 0.6 is 0 Å². The molecule has 138 valence electrons. The summed E-state index contributed by atoms with van der Waals surface area (Å²) in [5.41, 5.74) is 1.32. The average molecular weight is 374 g/mol. The van der Waals surface area contributed by atoms with E-state index in [0.717, 1.165) is 12.1 Å². The highest BCUT2D eigenvalue weighted by Crippen LogP contribution is 2.49. The van der Waals surface area contributed by atoms with Gasteiger partial charge in [0.05, 0.1) is 12.0 Å². The van der Waals surface area contributed by atoms with Gasteiger partial charge in [0.1, 0.15) is 11.5 Å². The molecule has 0 saturated carbocycles. The quantitative estimate of drug-likeness (QED) is 0.321. The molecule has 7 heteroatoms. The van der Waals surface area contributed by atoms with Crippen LogP contribution < -0.4 is 9.47 Å². The number of hydrogen-bond donors (Lipinski definition) is 0. The number of rotatable bonds is 1. The van der Waals surface area contributed by atoms with Crippen LogP contribution in [0.2, 0.25) is 0 Å². The molecule has 0 saturated heterocycles. The number of hydrogen-bond acceptors (Lipinski definition) is 4. The predicted octanol–water partition coefficient (Wildman–Crippen LogP) is 4.41. The number of ketones is 1. The molecule has 4 rings (SSSR count). The molecule has 0 amide bonds. The highest BCUT2D eigenvalue weighted by atomic mass is 19.2. The molecule has 1 atom stereocenters. The van der Waals surface area contributed by atoms with Gasteiger partial charge in [0.25, 0.3) is 0 Å². The molecule has 2 heterocycles. The van der Waals surface area contributed by atoms with E-state index in [0.29, 0.717) is 11.1 Å². The highest BCUT2D eigenvalue weighted by Gasteiger charge is 2.39. The molecule has 0 bridgehead atoms. The maximum absolute atomic E-state index is 13.7. The molecule has 2 aliphatic rings. The summed E-state index contributed by atoms with van der Waals surface area (Å²) in [4.78, 5) is 24.5. The van der Waals surface area contributed by atoms with Gasteiger partial charge in [0.2, 0.25) is 5.78 Å². The van der Waals surface area contributed by atoms with Crippen molar-refractivity contribution >= 4 is 11.8 Å². The Morgan fingerprint density at radius 3 is 2.33 bits per heavy atom. The van der Waals surface area contributed by atoms with Crippen molar-refractivity contribution in [3.63, 3.8) is 0 Å². The predicted molar refractivity (Wildman–Crippen MR) is 88.2 cm³/mol. The summed E-state index contributed by atoms with van der Waals surface area (Å²) in [7, 11) is 0. The van der Waals surface area contributed by atoms with Crippen LogP contribution in [0.15, 0.2) is 35.6 Å². The molecule has 2 aromatic carbocycles. The number of ether oxygens (including phenoxy) is 2. The van der Waals surface area contributed by atoms with Crippen LogP contribution in [0, 0.1) is 17.5 Å². The van der Waals surface area contributed by atoms with Gasteiger partial charge in [-0.3, -0.25) is 9.59 Å². The number of carbonyl (C=O) groups excluding carboxylic acids is 2. The Morgan fingerprint density at radius 1 is 1.04 bits per heavy atom. The largest absolute Gasteiger partial charge is 0.452 e. The Kier molecular flexibility index (Phi) is 3.83. The monoisotopic (exact) mass is 374 g/mol. The molecular formula is C20H13F3O4. The number of carbonyl (C=O) groups is 2. The second-order valence-electron chi connectivity index (χ2n) is 6.64. The van der Waals surface area contributed by atoms with Gasteiger partial charge >= 0.3 is 5.97 Å². The van der Waals surface area contributed by atoms with Crippen LogP contribution in [0.4, 0.5) is 13.2 Å². The van der Waals surface area contributed by atoms with Crippen LogP contribution in [-0.4, -0.2) is 11.8 Å². The molecule has 27 heavy (non-hydrogen) atoms. The van der Waals surface area contributed by atoms with Crippen molar-refractivity contribution in [1.29, 1.82) is 0 Å². The van der Waals surface area contributed by atoms with E-state index < -0.39 is 29.3 Å². The number of allylic oxidation sites excluding steroid dienone is 2. The summed E-state index contributed by atoms with van der Waals surface area (Å²) in [6.07, 6.45) is -0.227. The van der Waals surface area contributed by atoms with Crippen molar-refractivity contribution in [1.82, 2.24) is 0 Å². The van der Waals surface area contributed by atoms with Crippen molar-refractivity contribution in [3.05, 3.63) is 69.7 Å². The number of halogens is 3. The third-order valence-corrected chi connectivity index (χ3v) is 4.62. The molecule has 0 N–H and O–H groups in total. The van der Waals surface area contributed by atoms with Gasteiger partial charge in [-0.05, 0) is 49.2 Å². The summed E-state index contributed by atoms with van der Waals surface area (Å²) >= 11 is 0. The van der Waals surface area contributed by atoms with Crippen LogP contribution in [0.25, 0.3) is 0 Å². The lowest BCUT2D eigenvalue weighted by Crippen LogP contribution is -2.22. The van der Waals surface area contributed by atoms with E-state index in [1.807, 2.05) is 0 Å². The number of benzene rings is 2. The van der Waals surface area contributed by atoms with E-state index in [-0.39, 0.29) is 40.6 Å². The van der Waals surface area contributed by atoms with Crippen molar-refractivity contribution in [2.75, 3.05) is 0 Å². The van der Waals surface area contributed by atoms with E-state index in [2.05, 4.69) is 0 Å². The lowest BCUT2D eigenvalue weighted by Gasteiger charge is -2.26. The molecule has 0 fully saturated rings. The number of esters is 1. The van der Waals surface area contributed by atoms with Crippen molar-refractivity contribution in [3.8, 4) is 11.5 Å². The zero-order valence-electron chi connectivity index (χ0n) is 14.4. The Balaban J connectivity index is 1.94. The number of Topliss-reactive ketones (excluding diaryl/α,β-unsaturated/α-hetero) is 1. The molecular weight excluding hydrogens is 361 g/mol. The molecule has 1 unspecified atom stereocenters. The Hall–Kier alpha value is -3.09. The Labute approximate surface area is 152 Å². The average Bonchev–Trinajstić information content (AvgIpc) is 2.95. The van der Waals surface area contributed by atoms with Crippen molar-refractivity contribution in [2.24, 2.45) is 0 Å². The third kappa shape index (κ3) is 2.61. The van der Waals surface area contributed by atoms with Crippen LogP contribution in [0.1, 0.15) is 47.7 Å². The second-order valence-corrected chi connectivity index (χ2v) is 6.64. The SMILES string of the molecule is CC(C)=C1Oc2c(ccc3c2C(c2cc(F)c(F)c(F)c2)CC(=O)O3)C1=O. The third-order valence-electron chi connectivity index (χ3n) is 4.62. The Morgan fingerprint density at radius 2 is 1.70 bits per heavy atom. The number of fused-ring (bicyclic) bond motifs is 3. The fourth-order valence-electron chi connectivity index (χ4n) is 3.38. The van der Waals surface area contributed by atoms with E-state index in [9.17, 15) is 22.8 Å². The van der Waals surface area contributed by atoms with E-state index >= 15 is 0 Å². The van der Waals surface area contributed by atoms with E-state index in [1.54, 1.807) is 13.8 Å². The fourth-order valence-corrected chi connectivity index (χ4v) is 3.38. The zero-order valence-corrected chi connectivity index (χ0v) is 14.4. The van der Waals surface area contributed by atoms with Crippen LogP contribution in [-0.2, 0) is 4.79 Å². The molecule has 2 aromatic rings. The maximum atomic E-state index is 13.7. The fraction of sp³-hybridized carbons (Fsp3) is 0.200. The van der Waals surface area contributed by atoms with E-state index in [1.165, 1.54) is 12.1 Å². The second kappa shape index (κ2) is 5.97. The van der Waals surface area contributed by atoms with Crippen molar-refractivity contribution in [2.45, 2.75) is 26.2 Å². The summed E-state index contributed by atoms with van der Waals surface area (Å²) in [5, 5.41) is 0. The summed E-state index contributed by atoms with van der Waals surface area (Å²) in [5.74, 6) is -5.59. The van der Waals surface area contributed by atoms with Gasteiger partial charge in [-0.25, -0.2) is 13.2 Å². The topological polar surface area (TPSA) is 52.6 Å². The Bertz CT molecular complexity index is 1030. The van der Waals surface area contributed by atoms with Crippen LogP contribution in [0.3, 0.4) is 0 Å². The van der Waals surface area contributed by atoms with Gasteiger partial charge in [-0.15, -0.1) is 0 Å². The minimum Gasteiger partial charge on any atom is -0.452 e. The molecule has 0 aromatic heterocycles. The summed E-state index contributed by atoms with van der Waals surface area (Å²) < 4.78 is 51.8. The standard InChI is InChI=1S/C20H13F3O4/c1-8(2)19-18(25)10-3-4-14-16(20(10)27-19)11(7-15(24)26-14)9-5-12(21)17(23)13(22)6-9/h3-6,11H,7H2,1-2H3. The van der Waals surface area contributed by atoms with Gasteiger partial charge in [0.15, 0.2) is 23.2 Å². The van der Waals surface area contributed by atoms with Gasteiger partial charge in [-0.2, -0.15) is 0 Å². The molecule has 0 spiro atoms. The molecule has 4 nitrogen and oxygen atoms in total. The molecule has 0 aliphatic carbocycles. The first-order valence-corrected chi connectivity index (χ1v) is 8.20. The van der Waals surface area contributed by atoms with Crippen molar-refractivity contribution < 1.29 is 32.2 Å². The van der Waals surface area contributed by atoms with Gasteiger partial charge < -0.3 is 9.47 Å². The molecule has 2 aliphatic heterocycles. The lowest BCUT2D eigenvalue weighted by atomic mass is 9.84. The highest BCUT2D eigenvalue weighted by molar-refractivity contribution is 6.13.